The van der Waals surface area contributed by atoms with E-state index in [0.29, 0.717) is 15.9 Å². The zero-order chi connectivity index (χ0) is 15.6. The van der Waals surface area contributed by atoms with Gasteiger partial charge in [-0.25, -0.2) is 0 Å². The summed E-state index contributed by atoms with van der Waals surface area (Å²) in [6, 6.07) is 8.54. The van der Waals surface area contributed by atoms with Gasteiger partial charge in [-0.1, -0.05) is 0 Å². The standard InChI is InChI=1S/C14H12BrF3N2O/c1-21-13-7-9(3-4-11(13)15)20-12-5-2-8(19)6-10(12)14(16,17)18/h2-7,20H,19H2,1H3. The minimum atomic E-state index is -4.49. The maximum absolute atomic E-state index is 13.0. The molecule has 0 saturated carbocycles. The molecule has 21 heavy (non-hydrogen) atoms. The lowest BCUT2D eigenvalue weighted by atomic mass is 10.1. The summed E-state index contributed by atoms with van der Waals surface area (Å²) in [4.78, 5) is 0. The molecule has 0 aliphatic rings. The number of nitrogen functional groups attached to an aromatic ring is 1. The predicted octanol–water partition coefficient (Wildman–Crippen LogP) is 4.80. The lowest BCUT2D eigenvalue weighted by molar-refractivity contribution is -0.136. The zero-order valence-electron chi connectivity index (χ0n) is 11.0. The fourth-order valence-electron chi connectivity index (χ4n) is 1.80. The fraction of sp³-hybridized carbons (Fsp3) is 0.143. The Bertz CT molecular complexity index is 659. The molecular formula is C14H12BrF3N2O. The number of nitrogens with two attached hydrogens (primary N) is 1. The largest absolute Gasteiger partial charge is 0.495 e. The topological polar surface area (TPSA) is 47.3 Å². The van der Waals surface area contributed by atoms with Crippen LogP contribution in [0.2, 0.25) is 0 Å². The van der Waals surface area contributed by atoms with Crippen molar-refractivity contribution in [1.29, 1.82) is 0 Å². The van der Waals surface area contributed by atoms with Gasteiger partial charge < -0.3 is 15.8 Å². The van der Waals surface area contributed by atoms with Crippen molar-refractivity contribution < 1.29 is 17.9 Å². The number of ether oxygens (including phenoxy) is 1. The molecule has 3 N–H and O–H groups in total. The monoisotopic (exact) mass is 360 g/mol. The van der Waals surface area contributed by atoms with Crippen LogP contribution in [0.3, 0.4) is 0 Å². The number of halogens is 4. The van der Waals surface area contributed by atoms with Gasteiger partial charge in [0.25, 0.3) is 0 Å². The molecule has 0 amide bonds. The van der Waals surface area contributed by atoms with Gasteiger partial charge in [0, 0.05) is 17.4 Å². The Morgan fingerprint density at radius 1 is 1.14 bits per heavy atom. The summed E-state index contributed by atoms with van der Waals surface area (Å²) in [5.74, 6) is 0.518. The normalized spacial score (nSPS) is 11.3. The van der Waals surface area contributed by atoms with Crippen LogP contribution in [-0.2, 0) is 6.18 Å². The molecule has 0 radical (unpaired) electrons. The van der Waals surface area contributed by atoms with E-state index in [1.165, 1.54) is 19.2 Å². The van der Waals surface area contributed by atoms with Crippen molar-refractivity contribution in [3.8, 4) is 5.75 Å². The molecule has 0 bridgehead atoms. The highest BCUT2D eigenvalue weighted by molar-refractivity contribution is 9.10. The van der Waals surface area contributed by atoms with E-state index in [1.54, 1.807) is 18.2 Å². The first-order valence-corrected chi connectivity index (χ1v) is 6.68. The molecule has 0 aliphatic heterocycles. The second-order valence-corrected chi connectivity index (χ2v) is 5.13. The summed E-state index contributed by atoms with van der Waals surface area (Å²) in [5.41, 5.74) is 5.08. The summed E-state index contributed by atoms with van der Waals surface area (Å²) < 4.78 is 44.9. The second kappa shape index (κ2) is 5.85. The molecule has 0 saturated heterocycles. The van der Waals surface area contributed by atoms with Gasteiger partial charge in [-0.3, -0.25) is 0 Å². The van der Waals surface area contributed by atoms with Gasteiger partial charge in [-0.2, -0.15) is 13.2 Å². The van der Waals surface area contributed by atoms with Crippen LogP contribution >= 0.6 is 15.9 Å². The molecule has 2 aromatic rings. The molecule has 0 aliphatic carbocycles. The third kappa shape index (κ3) is 3.60. The SMILES string of the molecule is COc1cc(Nc2ccc(N)cc2C(F)(F)F)ccc1Br. The zero-order valence-corrected chi connectivity index (χ0v) is 12.5. The van der Waals surface area contributed by atoms with Gasteiger partial charge in [0.05, 0.1) is 22.8 Å². The third-order valence-corrected chi connectivity index (χ3v) is 3.43. The van der Waals surface area contributed by atoms with Crippen LogP contribution < -0.4 is 15.8 Å². The second-order valence-electron chi connectivity index (χ2n) is 4.28. The minimum absolute atomic E-state index is 0.0567. The van der Waals surface area contributed by atoms with Crippen molar-refractivity contribution in [2.45, 2.75) is 6.18 Å². The molecule has 2 rings (SSSR count). The number of nitrogens with one attached hydrogen (secondary N) is 1. The van der Waals surface area contributed by atoms with E-state index in [4.69, 9.17) is 10.5 Å². The molecule has 0 fully saturated rings. The van der Waals surface area contributed by atoms with E-state index < -0.39 is 11.7 Å². The van der Waals surface area contributed by atoms with E-state index in [-0.39, 0.29) is 11.4 Å². The third-order valence-electron chi connectivity index (χ3n) is 2.78. The lowest BCUT2D eigenvalue weighted by Crippen LogP contribution is -2.09. The van der Waals surface area contributed by atoms with Gasteiger partial charge in [-0.05, 0) is 46.3 Å². The minimum Gasteiger partial charge on any atom is -0.495 e. The van der Waals surface area contributed by atoms with E-state index in [2.05, 4.69) is 21.2 Å². The number of hydrogen-bond donors (Lipinski definition) is 2. The van der Waals surface area contributed by atoms with Gasteiger partial charge in [0.2, 0.25) is 0 Å². The average molecular weight is 361 g/mol. The Balaban J connectivity index is 2.40. The predicted molar refractivity (Wildman–Crippen MR) is 79.8 cm³/mol. The first-order valence-electron chi connectivity index (χ1n) is 5.88. The Morgan fingerprint density at radius 2 is 1.86 bits per heavy atom. The first kappa shape index (κ1) is 15.5. The molecular weight excluding hydrogens is 349 g/mol. The number of methoxy groups -OCH3 is 1. The van der Waals surface area contributed by atoms with Gasteiger partial charge in [0.1, 0.15) is 5.75 Å². The van der Waals surface area contributed by atoms with Crippen LogP contribution in [0.5, 0.6) is 5.75 Å². The van der Waals surface area contributed by atoms with Crippen molar-refractivity contribution >= 4 is 33.0 Å². The van der Waals surface area contributed by atoms with Crippen molar-refractivity contribution in [2.24, 2.45) is 0 Å². The van der Waals surface area contributed by atoms with Crippen molar-refractivity contribution in [2.75, 3.05) is 18.2 Å². The summed E-state index contributed by atoms with van der Waals surface area (Å²) in [6.07, 6.45) is -4.49. The van der Waals surface area contributed by atoms with Gasteiger partial charge in [-0.15, -0.1) is 0 Å². The molecule has 0 heterocycles. The van der Waals surface area contributed by atoms with Crippen LogP contribution in [0.4, 0.5) is 30.2 Å². The summed E-state index contributed by atoms with van der Waals surface area (Å²) in [6.45, 7) is 0. The number of rotatable bonds is 3. The quantitative estimate of drug-likeness (QED) is 0.772. The Kier molecular flexibility index (Phi) is 4.32. The van der Waals surface area contributed by atoms with Gasteiger partial charge in [0.15, 0.2) is 0 Å². The van der Waals surface area contributed by atoms with Crippen molar-refractivity contribution in [1.82, 2.24) is 0 Å². The molecule has 7 heteroatoms. The molecule has 0 atom stereocenters. The maximum atomic E-state index is 13.0. The van der Waals surface area contributed by atoms with Crippen molar-refractivity contribution in [3.63, 3.8) is 0 Å². The highest BCUT2D eigenvalue weighted by atomic mass is 79.9. The van der Waals surface area contributed by atoms with E-state index >= 15 is 0 Å². The highest BCUT2D eigenvalue weighted by Crippen LogP contribution is 2.38. The molecule has 0 aromatic heterocycles. The van der Waals surface area contributed by atoms with Crippen LogP contribution in [0, 0.1) is 0 Å². The lowest BCUT2D eigenvalue weighted by Gasteiger charge is -2.16. The Labute approximate surface area is 128 Å². The average Bonchev–Trinajstić information content (AvgIpc) is 2.41. The van der Waals surface area contributed by atoms with Crippen LogP contribution in [0.1, 0.15) is 5.56 Å². The molecule has 2 aromatic carbocycles. The molecule has 0 unspecified atom stereocenters. The number of alkyl halides is 3. The fourth-order valence-corrected chi connectivity index (χ4v) is 2.21. The van der Waals surface area contributed by atoms with Crippen molar-refractivity contribution in [3.05, 3.63) is 46.4 Å². The number of anilines is 3. The first-order chi connectivity index (χ1) is 9.81. The molecule has 0 spiro atoms. The van der Waals surface area contributed by atoms with Crippen LogP contribution in [0.15, 0.2) is 40.9 Å². The van der Waals surface area contributed by atoms with E-state index in [1.807, 2.05) is 0 Å². The number of benzene rings is 2. The van der Waals surface area contributed by atoms with E-state index in [0.717, 1.165) is 6.07 Å². The van der Waals surface area contributed by atoms with E-state index in [9.17, 15) is 13.2 Å². The summed E-state index contributed by atoms with van der Waals surface area (Å²) in [5, 5.41) is 2.73. The summed E-state index contributed by atoms with van der Waals surface area (Å²) in [7, 11) is 1.48. The van der Waals surface area contributed by atoms with Gasteiger partial charge >= 0.3 is 6.18 Å². The Hall–Kier alpha value is -1.89. The van der Waals surface area contributed by atoms with Crippen LogP contribution in [0.25, 0.3) is 0 Å². The highest BCUT2D eigenvalue weighted by Gasteiger charge is 2.33. The molecule has 3 nitrogen and oxygen atoms in total. The smallest absolute Gasteiger partial charge is 0.418 e. The Morgan fingerprint density at radius 3 is 2.48 bits per heavy atom. The summed E-state index contributed by atoms with van der Waals surface area (Å²) >= 11 is 3.28. The van der Waals surface area contributed by atoms with Crippen LogP contribution in [-0.4, -0.2) is 7.11 Å². The molecule has 112 valence electrons. The number of hydrogen-bond acceptors (Lipinski definition) is 3. The maximum Gasteiger partial charge on any atom is 0.418 e.